The molecular formula is C21H22N6O4. The predicted molar refractivity (Wildman–Crippen MR) is 115 cm³/mol. The molecular weight excluding hydrogens is 400 g/mol. The lowest BCUT2D eigenvalue weighted by atomic mass is 9.97. The number of hydrogen-bond acceptors (Lipinski definition) is 9. The molecule has 31 heavy (non-hydrogen) atoms. The molecule has 2 aromatic heterocycles. The summed E-state index contributed by atoms with van der Waals surface area (Å²) in [4.78, 5) is 38.0. The fourth-order valence-corrected chi connectivity index (χ4v) is 3.83. The number of rotatable bonds is 5. The minimum atomic E-state index is -0.478. The third-order valence-corrected chi connectivity index (χ3v) is 5.43. The van der Waals surface area contributed by atoms with Gasteiger partial charge in [0.25, 0.3) is 0 Å². The van der Waals surface area contributed by atoms with Gasteiger partial charge in [-0.25, -0.2) is 9.97 Å². The number of aryl methyl sites for hydroxylation is 1. The quantitative estimate of drug-likeness (QED) is 0.374. The average molecular weight is 422 g/mol. The summed E-state index contributed by atoms with van der Waals surface area (Å²) in [6.45, 7) is 2.82. The summed E-state index contributed by atoms with van der Waals surface area (Å²) in [5, 5.41) is 16.0. The summed E-state index contributed by atoms with van der Waals surface area (Å²) < 4.78 is 4.81. The molecule has 3 aromatic rings. The van der Waals surface area contributed by atoms with Crippen LogP contribution in [0.4, 0.5) is 23.0 Å². The molecule has 0 radical (unpaired) electrons. The van der Waals surface area contributed by atoms with E-state index in [0.717, 1.165) is 11.1 Å². The van der Waals surface area contributed by atoms with Crippen LogP contribution in [0, 0.1) is 23.0 Å². The number of hydrogen-bond donors (Lipinski definition) is 1. The molecule has 0 aliphatic carbocycles. The summed E-state index contributed by atoms with van der Waals surface area (Å²) in [7, 11) is 1.37. The van der Waals surface area contributed by atoms with E-state index in [9.17, 15) is 14.9 Å². The van der Waals surface area contributed by atoms with Crippen molar-refractivity contribution in [3.8, 4) is 0 Å². The van der Waals surface area contributed by atoms with Gasteiger partial charge in [-0.1, -0.05) is 18.2 Å². The van der Waals surface area contributed by atoms with Gasteiger partial charge in [0, 0.05) is 24.2 Å². The first-order valence-electron chi connectivity index (χ1n) is 9.93. The lowest BCUT2D eigenvalue weighted by Crippen LogP contribution is -2.37. The number of nitrogens with one attached hydrogen (secondary N) is 1. The fourth-order valence-electron chi connectivity index (χ4n) is 3.83. The van der Waals surface area contributed by atoms with E-state index in [4.69, 9.17) is 4.74 Å². The highest BCUT2D eigenvalue weighted by atomic mass is 16.6. The summed E-state index contributed by atoms with van der Waals surface area (Å²) in [6, 6.07) is 9.46. The number of fused-ring (bicyclic) bond motifs is 1. The minimum Gasteiger partial charge on any atom is -0.469 e. The number of carbonyl (C=O) groups excluding carboxylic acids is 1. The van der Waals surface area contributed by atoms with Crippen LogP contribution in [0.15, 0.2) is 36.7 Å². The molecule has 0 unspecified atom stereocenters. The van der Waals surface area contributed by atoms with Crippen molar-refractivity contribution >= 4 is 39.9 Å². The second kappa shape index (κ2) is 8.50. The molecule has 1 aromatic carbocycles. The predicted octanol–water partition coefficient (Wildman–Crippen LogP) is 3.37. The monoisotopic (exact) mass is 422 g/mol. The second-order valence-electron chi connectivity index (χ2n) is 7.39. The van der Waals surface area contributed by atoms with Crippen LogP contribution in [-0.2, 0) is 9.53 Å². The Balaban J connectivity index is 1.67. The van der Waals surface area contributed by atoms with Crippen LogP contribution in [0.5, 0.6) is 0 Å². The maximum Gasteiger partial charge on any atom is 0.353 e. The van der Waals surface area contributed by atoms with Crippen molar-refractivity contribution in [1.82, 2.24) is 15.0 Å². The Labute approximate surface area is 178 Å². The van der Waals surface area contributed by atoms with Gasteiger partial charge < -0.3 is 15.0 Å². The first kappa shape index (κ1) is 20.5. The lowest BCUT2D eigenvalue weighted by Gasteiger charge is -2.31. The summed E-state index contributed by atoms with van der Waals surface area (Å²) in [5.74, 6) is -0.126. The Bertz CT molecular complexity index is 1140. The van der Waals surface area contributed by atoms with Crippen LogP contribution >= 0.6 is 0 Å². The number of methoxy groups -OCH3 is 1. The number of nitro groups is 1. The number of anilines is 3. The van der Waals surface area contributed by atoms with Crippen molar-refractivity contribution in [1.29, 1.82) is 0 Å². The van der Waals surface area contributed by atoms with Crippen LogP contribution in [0.1, 0.15) is 18.5 Å². The molecule has 0 atom stereocenters. The molecule has 0 spiro atoms. The number of pyridine rings is 1. The molecule has 1 N–H and O–H groups in total. The van der Waals surface area contributed by atoms with Gasteiger partial charge in [0.1, 0.15) is 6.33 Å². The van der Waals surface area contributed by atoms with Crippen molar-refractivity contribution in [2.45, 2.75) is 19.8 Å². The Morgan fingerprint density at radius 2 is 2.00 bits per heavy atom. The van der Waals surface area contributed by atoms with Gasteiger partial charge in [-0.3, -0.25) is 19.9 Å². The first-order valence-corrected chi connectivity index (χ1v) is 9.93. The molecule has 1 aliphatic heterocycles. The molecule has 1 saturated heterocycles. The number of carbonyl (C=O) groups is 1. The third-order valence-electron chi connectivity index (χ3n) is 5.43. The number of piperidine rings is 1. The molecule has 1 aliphatic rings. The number of ether oxygens (including phenoxy) is 1. The fraction of sp³-hybridized carbons (Fsp3) is 0.333. The largest absolute Gasteiger partial charge is 0.469 e. The van der Waals surface area contributed by atoms with E-state index in [1.165, 1.54) is 13.4 Å². The standard InChI is InChI=1S/C21H22N6O4/c1-13-6-7-14-4-3-5-16(17(14)24-13)25-19-18(27(29)30)20(23-12-22-19)26-10-8-15(9-11-26)21(28)31-2/h3-7,12,15H,8-11H2,1-2H3,(H,22,23,25). The average Bonchev–Trinajstić information content (AvgIpc) is 2.78. The molecule has 0 saturated carbocycles. The molecule has 4 rings (SSSR count). The van der Waals surface area contributed by atoms with Gasteiger partial charge in [0.15, 0.2) is 0 Å². The highest BCUT2D eigenvalue weighted by molar-refractivity contribution is 5.93. The van der Waals surface area contributed by atoms with Gasteiger partial charge in [-0.05, 0) is 31.9 Å². The molecule has 10 nitrogen and oxygen atoms in total. The van der Waals surface area contributed by atoms with Crippen molar-refractivity contribution in [3.05, 3.63) is 52.5 Å². The van der Waals surface area contributed by atoms with Crippen molar-refractivity contribution in [3.63, 3.8) is 0 Å². The molecule has 0 amide bonds. The second-order valence-corrected chi connectivity index (χ2v) is 7.39. The Kier molecular flexibility index (Phi) is 5.61. The van der Waals surface area contributed by atoms with Crippen LogP contribution in [0.3, 0.4) is 0 Å². The Morgan fingerprint density at radius 3 is 2.71 bits per heavy atom. The molecule has 3 heterocycles. The Morgan fingerprint density at radius 1 is 1.23 bits per heavy atom. The highest BCUT2D eigenvalue weighted by Crippen LogP contribution is 2.36. The lowest BCUT2D eigenvalue weighted by molar-refractivity contribution is -0.383. The number of esters is 1. The normalized spacial score (nSPS) is 14.5. The van der Waals surface area contributed by atoms with Gasteiger partial charge in [-0.15, -0.1) is 0 Å². The number of aromatic nitrogens is 3. The zero-order valence-corrected chi connectivity index (χ0v) is 17.2. The summed E-state index contributed by atoms with van der Waals surface area (Å²) in [6.07, 6.45) is 2.40. The highest BCUT2D eigenvalue weighted by Gasteiger charge is 2.32. The molecule has 160 valence electrons. The number of nitrogens with zero attached hydrogens (tertiary/aromatic N) is 5. The van der Waals surface area contributed by atoms with E-state index in [1.807, 2.05) is 42.2 Å². The minimum absolute atomic E-state index is 0.0981. The smallest absolute Gasteiger partial charge is 0.353 e. The van der Waals surface area contributed by atoms with Crippen LogP contribution in [-0.4, -0.2) is 46.0 Å². The maximum atomic E-state index is 12.0. The van der Waals surface area contributed by atoms with E-state index >= 15 is 0 Å². The Hall–Kier alpha value is -3.82. The SMILES string of the molecule is COC(=O)C1CCN(c2ncnc(Nc3cccc4ccc(C)nc34)c2[N+](=O)[O-])CC1. The molecule has 10 heteroatoms. The van der Waals surface area contributed by atoms with Gasteiger partial charge in [0.05, 0.1) is 29.2 Å². The van der Waals surface area contributed by atoms with E-state index in [-0.39, 0.29) is 29.2 Å². The van der Waals surface area contributed by atoms with Gasteiger partial charge in [0.2, 0.25) is 11.6 Å². The van der Waals surface area contributed by atoms with Crippen molar-refractivity contribution in [2.75, 3.05) is 30.4 Å². The van der Waals surface area contributed by atoms with E-state index in [2.05, 4.69) is 20.3 Å². The number of benzene rings is 1. The van der Waals surface area contributed by atoms with Gasteiger partial charge >= 0.3 is 11.7 Å². The third kappa shape index (κ3) is 4.09. The van der Waals surface area contributed by atoms with Crippen LogP contribution in [0.25, 0.3) is 10.9 Å². The van der Waals surface area contributed by atoms with Crippen molar-refractivity contribution in [2.24, 2.45) is 5.92 Å². The topological polar surface area (TPSA) is 123 Å². The van der Waals surface area contributed by atoms with E-state index in [0.29, 0.717) is 37.1 Å². The van der Waals surface area contributed by atoms with E-state index < -0.39 is 4.92 Å². The van der Waals surface area contributed by atoms with Crippen molar-refractivity contribution < 1.29 is 14.5 Å². The van der Waals surface area contributed by atoms with Gasteiger partial charge in [-0.2, -0.15) is 0 Å². The van der Waals surface area contributed by atoms with Crippen LogP contribution < -0.4 is 10.2 Å². The molecule has 1 fully saturated rings. The summed E-state index contributed by atoms with van der Waals surface area (Å²) in [5.41, 5.74) is 1.96. The van der Waals surface area contributed by atoms with E-state index in [1.54, 1.807) is 0 Å². The summed E-state index contributed by atoms with van der Waals surface area (Å²) >= 11 is 0. The number of para-hydroxylation sites is 1. The zero-order chi connectivity index (χ0) is 22.0. The van der Waals surface area contributed by atoms with Crippen LogP contribution in [0.2, 0.25) is 0 Å². The zero-order valence-electron chi connectivity index (χ0n) is 17.2. The molecule has 0 bridgehead atoms. The first-order chi connectivity index (χ1) is 15.0. The maximum absolute atomic E-state index is 12.0.